The third kappa shape index (κ3) is 5.08. The molecule has 1 spiro atoms. The number of aromatic nitrogens is 1. The Hall–Kier alpha value is -3.49. The molecule has 0 bridgehead atoms. The van der Waals surface area contributed by atoms with Crippen LogP contribution in [0.15, 0.2) is 51.6 Å². The van der Waals surface area contributed by atoms with Crippen LogP contribution < -0.4 is 4.74 Å². The molecule has 7 rings (SSSR count). The average molecular weight is 617 g/mol. The number of fused-ring (bicyclic) bond motifs is 1. The van der Waals surface area contributed by atoms with Crippen LogP contribution in [-0.4, -0.2) is 71.9 Å². The lowest BCUT2D eigenvalue weighted by Gasteiger charge is -2.54. The van der Waals surface area contributed by atoms with Crippen molar-refractivity contribution in [2.24, 2.45) is 10.4 Å². The average Bonchev–Trinajstić information content (AvgIpc) is 3.74. The Kier molecular flexibility index (Phi) is 7.17. The quantitative estimate of drug-likeness (QED) is 0.223. The monoisotopic (exact) mass is 616 g/mol. The van der Waals surface area contributed by atoms with E-state index in [2.05, 4.69) is 15.8 Å². The molecule has 4 aliphatic rings. The highest BCUT2D eigenvalue weighted by Gasteiger charge is 2.50. The molecule has 1 saturated carbocycles. The van der Waals surface area contributed by atoms with Crippen molar-refractivity contribution in [2.75, 3.05) is 33.4 Å². The molecule has 8 nitrogen and oxygen atoms in total. The van der Waals surface area contributed by atoms with Gasteiger partial charge in [0.05, 0.1) is 29.4 Å². The minimum Gasteiger partial charge on any atom is -0.491 e. The number of methoxy groups -OCH3 is 1. The van der Waals surface area contributed by atoms with Gasteiger partial charge >= 0.3 is 5.97 Å². The number of halogens is 1. The number of carbonyl (C=O) groups excluding carboxylic acids is 2. The summed E-state index contributed by atoms with van der Waals surface area (Å²) in [6.07, 6.45) is 5.58. The fraction of sp³-hybridized carbons (Fsp3) is 0.424. The molecule has 0 unspecified atom stereocenters. The van der Waals surface area contributed by atoms with Crippen LogP contribution in [0.25, 0.3) is 21.3 Å². The normalized spacial score (nSPS) is 19.7. The van der Waals surface area contributed by atoms with Crippen LogP contribution in [0.3, 0.4) is 0 Å². The number of aryl methyl sites for hydroxylation is 1. The number of ether oxygens (including phenoxy) is 2. The summed E-state index contributed by atoms with van der Waals surface area (Å²) in [6, 6.07) is 8.28. The summed E-state index contributed by atoms with van der Waals surface area (Å²) >= 11 is 7.90. The zero-order valence-corrected chi connectivity index (χ0v) is 26.1. The van der Waals surface area contributed by atoms with E-state index in [0.717, 1.165) is 77.0 Å². The number of esters is 1. The van der Waals surface area contributed by atoms with Gasteiger partial charge in [-0.25, -0.2) is 14.6 Å². The lowest BCUT2D eigenvalue weighted by molar-refractivity contribution is -0.0166. The summed E-state index contributed by atoms with van der Waals surface area (Å²) in [7, 11) is 1.37. The molecule has 2 aliphatic heterocycles. The van der Waals surface area contributed by atoms with Crippen LogP contribution in [0.4, 0.5) is 0 Å². The molecule has 0 radical (unpaired) electrons. The number of amidine groups is 1. The highest BCUT2D eigenvalue weighted by molar-refractivity contribution is 7.18. The predicted octanol–water partition coefficient (Wildman–Crippen LogP) is 6.44. The first-order valence-corrected chi connectivity index (χ1v) is 16.0. The van der Waals surface area contributed by atoms with Gasteiger partial charge in [0.25, 0.3) is 0 Å². The molecular formula is C33H33ClN4O4S. The van der Waals surface area contributed by atoms with Crippen molar-refractivity contribution >= 4 is 50.9 Å². The Morgan fingerprint density at radius 2 is 2.02 bits per heavy atom. The van der Waals surface area contributed by atoms with Gasteiger partial charge in [0, 0.05) is 63.0 Å². The lowest BCUT2D eigenvalue weighted by Crippen LogP contribution is -2.58. The summed E-state index contributed by atoms with van der Waals surface area (Å²) in [4.78, 5) is 38.9. The van der Waals surface area contributed by atoms with E-state index in [9.17, 15) is 9.59 Å². The van der Waals surface area contributed by atoms with Crippen molar-refractivity contribution in [1.29, 1.82) is 0 Å². The van der Waals surface area contributed by atoms with Crippen molar-refractivity contribution in [2.45, 2.75) is 52.0 Å². The molecule has 2 aromatic heterocycles. The number of pyridine rings is 1. The van der Waals surface area contributed by atoms with Gasteiger partial charge in [-0.05, 0) is 70.2 Å². The first-order chi connectivity index (χ1) is 20.8. The van der Waals surface area contributed by atoms with Crippen LogP contribution in [0, 0.1) is 12.3 Å². The number of rotatable bonds is 7. The Morgan fingerprint density at radius 3 is 2.77 bits per heavy atom. The van der Waals surface area contributed by atoms with E-state index in [4.69, 9.17) is 26.1 Å². The van der Waals surface area contributed by atoms with Gasteiger partial charge in [0.1, 0.15) is 23.9 Å². The molecule has 10 heteroatoms. The van der Waals surface area contributed by atoms with Crippen LogP contribution >= 0.6 is 22.9 Å². The van der Waals surface area contributed by atoms with Gasteiger partial charge < -0.3 is 14.4 Å². The number of carbonyl (C=O) groups is 1. The zero-order valence-electron chi connectivity index (χ0n) is 24.5. The first-order valence-electron chi connectivity index (χ1n) is 14.7. The molecule has 2 aliphatic carbocycles. The molecule has 4 heterocycles. The summed E-state index contributed by atoms with van der Waals surface area (Å²) in [5.74, 6) is 3.30. The van der Waals surface area contributed by atoms with Crippen molar-refractivity contribution in [3.8, 4) is 16.9 Å². The van der Waals surface area contributed by atoms with Gasteiger partial charge in [0.15, 0.2) is 5.94 Å². The van der Waals surface area contributed by atoms with E-state index in [-0.39, 0.29) is 5.41 Å². The highest BCUT2D eigenvalue weighted by Crippen LogP contribution is 2.51. The number of likely N-dealkylation sites (tertiary alicyclic amines) is 1. The van der Waals surface area contributed by atoms with Gasteiger partial charge in [-0.3, -0.25) is 9.88 Å². The zero-order chi connectivity index (χ0) is 29.9. The lowest BCUT2D eigenvalue weighted by atomic mass is 9.67. The molecular weight excluding hydrogens is 584 g/mol. The number of aliphatic imine (C=N–C) groups is 1. The van der Waals surface area contributed by atoms with E-state index in [1.807, 2.05) is 36.9 Å². The van der Waals surface area contributed by atoms with Gasteiger partial charge in [-0.2, -0.15) is 0 Å². The second kappa shape index (κ2) is 10.9. The highest BCUT2D eigenvalue weighted by atomic mass is 35.5. The van der Waals surface area contributed by atoms with Crippen LogP contribution in [-0.2, 0) is 9.53 Å². The third-order valence-electron chi connectivity index (χ3n) is 9.13. The standard InChI is InChI=1S/C33H33ClN4O4S/c1-19-12-24(31-30(35-19)26(16-43-31)32(40)41-3)23-13-21(34)4-7-29(23)42-11-10-38-20(2)36-27-8-9-33(14-25(27)28(38)15-39)17-37(18-33)22-5-6-22/h4,7,12-13,16,22H,5-6,8-11,14,17-18H2,1-3H3. The Bertz CT molecular complexity index is 1760. The summed E-state index contributed by atoms with van der Waals surface area (Å²) < 4.78 is 12.2. The number of hydrogen-bond acceptors (Lipinski definition) is 9. The molecule has 1 aromatic carbocycles. The first kappa shape index (κ1) is 28.3. The predicted molar refractivity (Wildman–Crippen MR) is 169 cm³/mol. The van der Waals surface area contributed by atoms with Crippen molar-refractivity contribution < 1.29 is 19.1 Å². The Balaban J connectivity index is 1.11. The van der Waals surface area contributed by atoms with E-state index in [1.165, 1.54) is 31.3 Å². The van der Waals surface area contributed by atoms with Gasteiger partial charge in [-0.1, -0.05) is 11.6 Å². The fourth-order valence-electron chi connectivity index (χ4n) is 6.87. The van der Waals surface area contributed by atoms with Crippen LogP contribution in [0.2, 0.25) is 5.02 Å². The number of nitrogens with zero attached hydrogens (tertiary/aromatic N) is 4. The summed E-state index contributed by atoms with van der Waals surface area (Å²) in [5.41, 5.74) is 6.45. The molecule has 43 heavy (non-hydrogen) atoms. The third-order valence-corrected chi connectivity index (χ3v) is 10.4. The number of benzene rings is 1. The molecule has 0 N–H and O–H groups in total. The Morgan fingerprint density at radius 1 is 1.21 bits per heavy atom. The smallest absolute Gasteiger partial charge is 0.340 e. The molecule has 1 saturated heterocycles. The van der Waals surface area contributed by atoms with E-state index < -0.39 is 5.97 Å². The van der Waals surface area contributed by atoms with E-state index in [0.29, 0.717) is 40.7 Å². The van der Waals surface area contributed by atoms with Crippen molar-refractivity contribution in [1.82, 2.24) is 14.8 Å². The van der Waals surface area contributed by atoms with E-state index >= 15 is 0 Å². The second-order valence-corrected chi connectivity index (χ2v) is 13.4. The van der Waals surface area contributed by atoms with Crippen LogP contribution in [0.5, 0.6) is 5.75 Å². The maximum atomic E-state index is 12.4. The molecule has 3 aromatic rings. The van der Waals surface area contributed by atoms with Gasteiger partial charge in [0.2, 0.25) is 0 Å². The Labute approximate surface area is 259 Å². The maximum Gasteiger partial charge on any atom is 0.340 e. The van der Waals surface area contributed by atoms with Crippen molar-refractivity contribution in [3.05, 3.63) is 62.9 Å². The maximum absolute atomic E-state index is 12.4. The van der Waals surface area contributed by atoms with Crippen molar-refractivity contribution in [3.63, 3.8) is 0 Å². The topological polar surface area (TPSA) is 84.3 Å². The second-order valence-electron chi connectivity index (χ2n) is 12.1. The SMILES string of the molecule is COC(=O)c1csc2c(-c3cc(Cl)ccc3OCCN3C(=C=O)C4=C(CCC5(C4)CN(C4CC4)C5)N=C3C)cc(C)nc12. The minimum absolute atomic E-state index is 0.258. The number of thiophene rings is 1. The van der Waals surface area contributed by atoms with Gasteiger partial charge in [-0.15, -0.1) is 11.3 Å². The number of allylic oxidation sites excluding steroid dienone is 2. The molecule has 222 valence electrons. The summed E-state index contributed by atoms with van der Waals surface area (Å²) in [5, 5.41) is 2.34. The van der Waals surface area contributed by atoms with Crippen LogP contribution in [0.1, 0.15) is 55.1 Å². The largest absolute Gasteiger partial charge is 0.491 e. The molecule has 0 atom stereocenters. The summed E-state index contributed by atoms with van der Waals surface area (Å²) in [6.45, 7) is 6.86. The fourth-order valence-corrected chi connectivity index (χ4v) is 8.05. The molecule has 0 amide bonds. The molecule has 2 fully saturated rings. The van der Waals surface area contributed by atoms with E-state index in [1.54, 1.807) is 11.4 Å². The minimum atomic E-state index is -0.421. The number of hydrogen-bond donors (Lipinski definition) is 0.